The van der Waals surface area contributed by atoms with E-state index in [1.54, 1.807) is 11.8 Å². The standard InChI is InChI=1S/C15H22N2OS2/c1-10(8-20-15(2,3)4)16-11-5-6-13-12(7-11)17-14(18)9-19-13/h5-7,10,16H,8-9H2,1-4H3,(H,17,18)/t10-/m1/s1. The molecule has 1 aliphatic heterocycles. The smallest absolute Gasteiger partial charge is 0.234 e. The number of hydrogen-bond donors (Lipinski definition) is 2. The van der Waals surface area contributed by atoms with Gasteiger partial charge < -0.3 is 10.6 Å². The first kappa shape index (κ1) is 15.6. The molecule has 0 radical (unpaired) electrons. The van der Waals surface area contributed by atoms with Crippen molar-refractivity contribution in [2.24, 2.45) is 0 Å². The Labute approximate surface area is 129 Å². The van der Waals surface area contributed by atoms with Gasteiger partial charge in [-0.05, 0) is 25.1 Å². The van der Waals surface area contributed by atoms with E-state index in [0.29, 0.717) is 11.8 Å². The summed E-state index contributed by atoms with van der Waals surface area (Å²) in [6, 6.07) is 6.58. The first-order chi connectivity index (χ1) is 9.33. The molecule has 0 aliphatic carbocycles. The van der Waals surface area contributed by atoms with Gasteiger partial charge in [-0.25, -0.2) is 0 Å². The number of carbonyl (C=O) groups is 1. The molecule has 0 saturated carbocycles. The van der Waals surface area contributed by atoms with Crippen LogP contribution in [-0.2, 0) is 4.79 Å². The van der Waals surface area contributed by atoms with Crippen molar-refractivity contribution in [2.45, 2.75) is 43.4 Å². The summed E-state index contributed by atoms with van der Waals surface area (Å²) in [6.45, 7) is 8.88. The maximum atomic E-state index is 11.4. The van der Waals surface area contributed by atoms with Crippen LogP contribution in [0.15, 0.2) is 23.1 Å². The number of benzene rings is 1. The van der Waals surface area contributed by atoms with E-state index < -0.39 is 0 Å². The summed E-state index contributed by atoms with van der Waals surface area (Å²) in [5.41, 5.74) is 1.99. The highest BCUT2D eigenvalue weighted by Crippen LogP contribution is 2.33. The number of rotatable bonds is 4. The van der Waals surface area contributed by atoms with Crippen molar-refractivity contribution in [3.05, 3.63) is 18.2 Å². The molecule has 20 heavy (non-hydrogen) atoms. The molecule has 0 unspecified atom stereocenters. The van der Waals surface area contributed by atoms with E-state index in [-0.39, 0.29) is 10.7 Å². The first-order valence-corrected chi connectivity index (χ1v) is 8.78. The van der Waals surface area contributed by atoms with E-state index in [1.807, 2.05) is 17.8 Å². The zero-order chi connectivity index (χ0) is 14.8. The van der Waals surface area contributed by atoms with Crippen LogP contribution < -0.4 is 10.6 Å². The van der Waals surface area contributed by atoms with Gasteiger partial charge in [0, 0.05) is 27.1 Å². The molecule has 1 amide bonds. The lowest BCUT2D eigenvalue weighted by Crippen LogP contribution is -2.22. The second-order valence-corrected chi connectivity index (χ2v) is 8.88. The van der Waals surface area contributed by atoms with Crippen molar-refractivity contribution in [3.8, 4) is 0 Å². The second kappa shape index (κ2) is 6.31. The van der Waals surface area contributed by atoms with Gasteiger partial charge in [-0.3, -0.25) is 4.79 Å². The van der Waals surface area contributed by atoms with Gasteiger partial charge in [-0.15, -0.1) is 11.8 Å². The fourth-order valence-electron chi connectivity index (χ4n) is 1.87. The third-order valence-electron chi connectivity index (χ3n) is 2.79. The maximum Gasteiger partial charge on any atom is 0.234 e. The Morgan fingerprint density at radius 3 is 2.90 bits per heavy atom. The SMILES string of the molecule is C[C@H](CSC(C)(C)C)Nc1ccc2c(c1)NC(=O)CS2. The molecule has 0 aromatic heterocycles. The summed E-state index contributed by atoms with van der Waals surface area (Å²) in [5.74, 6) is 1.65. The molecule has 110 valence electrons. The Morgan fingerprint density at radius 2 is 2.20 bits per heavy atom. The van der Waals surface area contributed by atoms with Crippen molar-refractivity contribution in [2.75, 3.05) is 22.1 Å². The number of nitrogens with one attached hydrogen (secondary N) is 2. The van der Waals surface area contributed by atoms with Gasteiger partial charge in [-0.2, -0.15) is 11.8 Å². The van der Waals surface area contributed by atoms with Crippen LogP contribution in [0.3, 0.4) is 0 Å². The van der Waals surface area contributed by atoms with E-state index in [9.17, 15) is 4.79 Å². The Morgan fingerprint density at radius 1 is 1.45 bits per heavy atom. The quantitative estimate of drug-likeness (QED) is 0.880. The van der Waals surface area contributed by atoms with Crippen molar-refractivity contribution < 1.29 is 4.79 Å². The summed E-state index contributed by atoms with van der Waals surface area (Å²) in [6.07, 6.45) is 0. The van der Waals surface area contributed by atoms with Crippen LogP contribution in [0.4, 0.5) is 11.4 Å². The van der Waals surface area contributed by atoms with Crippen LogP contribution in [0.5, 0.6) is 0 Å². The van der Waals surface area contributed by atoms with Gasteiger partial charge in [0.2, 0.25) is 5.91 Å². The Bertz CT molecular complexity index is 497. The number of thioether (sulfide) groups is 2. The molecule has 0 fully saturated rings. The van der Waals surface area contributed by atoms with Crippen LogP contribution in [0.25, 0.3) is 0 Å². The number of fused-ring (bicyclic) bond motifs is 1. The van der Waals surface area contributed by atoms with Crippen molar-refractivity contribution in [3.63, 3.8) is 0 Å². The highest BCUT2D eigenvalue weighted by Gasteiger charge is 2.16. The highest BCUT2D eigenvalue weighted by molar-refractivity contribution is 8.00. The fourth-order valence-corrected chi connectivity index (χ4v) is 3.50. The molecule has 1 heterocycles. The van der Waals surface area contributed by atoms with E-state index in [1.165, 1.54) is 0 Å². The molecule has 1 aliphatic rings. The van der Waals surface area contributed by atoms with Crippen LogP contribution in [0, 0.1) is 0 Å². The molecule has 0 saturated heterocycles. The van der Waals surface area contributed by atoms with Crippen LogP contribution in [0.2, 0.25) is 0 Å². The minimum absolute atomic E-state index is 0.0796. The van der Waals surface area contributed by atoms with Crippen molar-refractivity contribution >= 4 is 40.8 Å². The maximum absolute atomic E-state index is 11.4. The average molecular weight is 310 g/mol. The zero-order valence-electron chi connectivity index (χ0n) is 12.4. The summed E-state index contributed by atoms with van der Waals surface area (Å²) in [4.78, 5) is 12.6. The van der Waals surface area contributed by atoms with E-state index in [0.717, 1.165) is 22.0 Å². The van der Waals surface area contributed by atoms with Crippen LogP contribution >= 0.6 is 23.5 Å². The molecule has 0 spiro atoms. The van der Waals surface area contributed by atoms with Crippen LogP contribution in [-0.4, -0.2) is 28.2 Å². The molecule has 3 nitrogen and oxygen atoms in total. The summed E-state index contributed by atoms with van der Waals surface area (Å²) in [5, 5.41) is 6.42. The molecule has 2 rings (SSSR count). The number of hydrogen-bond acceptors (Lipinski definition) is 4. The van der Waals surface area contributed by atoms with E-state index in [4.69, 9.17) is 0 Å². The fraction of sp³-hybridized carbons (Fsp3) is 0.533. The van der Waals surface area contributed by atoms with Gasteiger partial charge in [0.1, 0.15) is 0 Å². The molecule has 5 heteroatoms. The highest BCUT2D eigenvalue weighted by atomic mass is 32.2. The van der Waals surface area contributed by atoms with E-state index in [2.05, 4.69) is 50.5 Å². The third-order valence-corrected chi connectivity index (χ3v) is 5.40. The van der Waals surface area contributed by atoms with Gasteiger partial charge in [0.25, 0.3) is 0 Å². The lowest BCUT2D eigenvalue weighted by molar-refractivity contribution is -0.113. The Balaban J connectivity index is 1.96. The minimum atomic E-state index is 0.0796. The first-order valence-electron chi connectivity index (χ1n) is 6.81. The summed E-state index contributed by atoms with van der Waals surface area (Å²) >= 11 is 3.55. The molecular formula is C15H22N2OS2. The monoisotopic (exact) mass is 310 g/mol. The van der Waals surface area contributed by atoms with E-state index >= 15 is 0 Å². The lowest BCUT2D eigenvalue weighted by Gasteiger charge is -2.23. The zero-order valence-corrected chi connectivity index (χ0v) is 14.1. The summed E-state index contributed by atoms with van der Waals surface area (Å²) < 4.78 is 0.288. The number of amides is 1. The normalized spacial score (nSPS) is 16.3. The van der Waals surface area contributed by atoms with Crippen LogP contribution in [0.1, 0.15) is 27.7 Å². The predicted molar refractivity (Wildman–Crippen MR) is 91.1 cm³/mol. The Hall–Kier alpha value is -0.810. The lowest BCUT2D eigenvalue weighted by atomic mass is 10.2. The Kier molecular flexibility index (Phi) is 4.91. The van der Waals surface area contributed by atoms with Crippen molar-refractivity contribution in [1.82, 2.24) is 0 Å². The largest absolute Gasteiger partial charge is 0.382 e. The average Bonchev–Trinajstić information content (AvgIpc) is 2.35. The number of carbonyl (C=O) groups excluding carboxylic acids is 1. The third kappa shape index (κ3) is 4.63. The molecule has 1 aromatic rings. The minimum Gasteiger partial charge on any atom is -0.382 e. The molecule has 0 bridgehead atoms. The predicted octanol–water partition coefficient (Wildman–Crippen LogP) is 4.06. The molecular weight excluding hydrogens is 288 g/mol. The second-order valence-electron chi connectivity index (χ2n) is 6.02. The molecule has 2 N–H and O–H groups in total. The molecule has 1 aromatic carbocycles. The van der Waals surface area contributed by atoms with Gasteiger partial charge in [0.05, 0.1) is 11.4 Å². The molecule has 1 atom stereocenters. The topological polar surface area (TPSA) is 41.1 Å². The van der Waals surface area contributed by atoms with Crippen molar-refractivity contribution in [1.29, 1.82) is 0 Å². The van der Waals surface area contributed by atoms with Gasteiger partial charge in [0.15, 0.2) is 0 Å². The van der Waals surface area contributed by atoms with Gasteiger partial charge in [-0.1, -0.05) is 20.8 Å². The van der Waals surface area contributed by atoms with Gasteiger partial charge >= 0.3 is 0 Å². The summed E-state index contributed by atoms with van der Waals surface area (Å²) in [7, 11) is 0. The number of anilines is 2.